The smallest absolute Gasteiger partial charge is 0.323 e. The molecule has 0 saturated heterocycles. The van der Waals surface area contributed by atoms with Crippen molar-refractivity contribution in [2.24, 2.45) is 11.8 Å². The van der Waals surface area contributed by atoms with E-state index in [-0.39, 0.29) is 11.7 Å². The fourth-order valence-corrected chi connectivity index (χ4v) is 2.13. The summed E-state index contributed by atoms with van der Waals surface area (Å²) in [6, 6.07) is 0. The third kappa shape index (κ3) is 3.28. The quantitative estimate of drug-likeness (QED) is 0.310. The minimum absolute atomic E-state index is 0.123. The van der Waals surface area contributed by atoms with Gasteiger partial charge in [-0.1, -0.05) is 23.8 Å². The highest BCUT2D eigenvalue weighted by Crippen LogP contribution is 2.34. The lowest BCUT2D eigenvalue weighted by atomic mass is 9.77. The Labute approximate surface area is 96.5 Å². The highest BCUT2D eigenvalue weighted by Gasteiger charge is 2.24. The van der Waals surface area contributed by atoms with Gasteiger partial charge < -0.3 is 5.53 Å². The molecule has 3 heteroatoms. The molecule has 0 aromatic carbocycles. The second-order valence-corrected chi connectivity index (χ2v) is 4.57. The van der Waals surface area contributed by atoms with Crippen molar-refractivity contribution in [3.05, 3.63) is 29.3 Å². The summed E-state index contributed by atoms with van der Waals surface area (Å²) in [4.78, 5) is 14.1. The predicted octanol–water partition coefficient (Wildman–Crippen LogP) is 2.79. The summed E-state index contributed by atoms with van der Waals surface area (Å²) < 4.78 is 0. The van der Waals surface area contributed by atoms with Gasteiger partial charge in [0.25, 0.3) is 0 Å². The van der Waals surface area contributed by atoms with Crippen LogP contribution in [0.1, 0.15) is 33.1 Å². The van der Waals surface area contributed by atoms with E-state index in [2.05, 4.69) is 24.4 Å². The maximum absolute atomic E-state index is 11.4. The number of nitrogens with zero attached hydrogens (tertiary/aromatic N) is 2. The fraction of sp³-hybridized carbons (Fsp3) is 0.538. The van der Waals surface area contributed by atoms with Gasteiger partial charge in [0.1, 0.15) is 0 Å². The van der Waals surface area contributed by atoms with Gasteiger partial charge in [0.05, 0.1) is 0 Å². The lowest BCUT2D eigenvalue weighted by Gasteiger charge is -2.27. The van der Waals surface area contributed by atoms with E-state index in [0.29, 0.717) is 12.3 Å². The molecule has 1 aliphatic rings. The first-order chi connectivity index (χ1) is 7.54. The average Bonchev–Trinajstić information content (AvgIpc) is 2.21. The minimum atomic E-state index is -0.123. The number of Topliss-reactive ketones (excluding diaryl/α,β-unsaturated/α-hetero) is 1. The van der Waals surface area contributed by atoms with Crippen LogP contribution in [0.3, 0.4) is 0 Å². The van der Waals surface area contributed by atoms with Gasteiger partial charge in [0.15, 0.2) is 0 Å². The van der Waals surface area contributed by atoms with Gasteiger partial charge in [-0.25, -0.2) is 0 Å². The van der Waals surface area contributed by atoms with E-state index in [1.807, 2.05) is 6.92 Å². The van der Waals surface area contributed by atoms with Crippen molar-refractivity contribution < 1.29 is 9.58 Å². The first kappa shape index (κ1) is 12.6. The van der Waals surface area contributed by atoms with Crippen LogP contribution in [-0.4, -0.2) is 16.8 Å². The molecule has 86 valence electrons. The van der Waals surface area contributed by atoms with Gasteiger partial charge in [-0.15, -0.1) is 0 Å². The highest BCUT2D eigenvalue weighted by molar-refractivity contribution is 6.25. The van der Waals surface area contributed by atoms with Gasteiger partial charge in [-0.05, 0) is 38.5 Å². The number of carbonyl (C=O) groups is 1. The molecule has 0 aromatic rings. The second kappa shape index (κ2) is 5.57. The Balaban J connectivity index is 2.68. The van der Waals surface area contributed by atoms with Crippen LogP contribution in [0.15, 0.2) is 23.8 Å². The Morgan fingerprint density at radius 2 is 2.44 bits per heavy atom. The number of ketones is 1. The molecule has 3 nitrogen and oxygen atoms in total. The third-order valence-electron chi connectivity index (χ3n) is 3.28. The lowest BCUT2D eigenvalue weighted by Crippen LogP contribution is -2.19. The molecule has 0 aliphatic heterocycles. The van der Waals surface area contributed by atoms with Gasteiger partial charge in [-0.2, -0.15) is 4.79 Å². The van der Waals surface area contributed by atoms with E-state index in [0.717, 1.165) is 19.1 Å². The zero-order chi connectivity index (χ0) is 12.1. The summed E-state index contributed by atoms with van der Waals surface area (Å²) in [6.45, 7) is 8.07. The zero-order valence-corrected chi connectivity index (χ0v) is 9.94. The lowest BCUT2D eigenvalue weighted by molar-refractivity contribution is -0.116. The van der Waals surface area contributed by atoms with Crippen LogP contribution in [0.5, 0.6) is 0 Å². The van der Waals surface area contributed by atoms with E-state index in [9.17, 15) is 4.79 Å². The molecule has 0 unspecified atom stereocenters. The van der Waals surface area contributed by atoms with Crippen LogP contribution < -0.4 is 0 Å². The Bertz CT molecular complexity index is 375. The Morgan fingerprint density at radius 3 is 3.00 bits per heavy atom. The summed E-state index contributed by atoms with van der Waals surface area (Å²) >= 11 is 0. The molecule has 1 aliphatic carbocycles. The second-order valence-electron chi connectivity index (χ2n) is 4.57. The monoisotopic (exact) mass is 218 g/mol. The SMILES string of the molecule is C=C(C)[C@H]1CC=C(C)[C@@H](CC(=O)C=[N+]=[N-])C1. The van der Waals surface area contributed by atoms with E-state index < -0.39 is 0 Å². The van der Waals surface area contributed by atoms with E-state index in [1.54, 1.807) is 0 Å². The molecule has 0 fully saturated rings. The number of hydrogen-bond donors (Lipinski definition) is 0. The van der Waals surface area contributed by atoms with Crippen molar-refractivity contribution in [2.75, 3.05) is 0 Å². The predicted molar refractivity (Wildman–Crippen MR) is 64.1 cm³/mol. The van der Waals surface area contributed by atoms with Crippen molar-refractivity contribution in [1.82, 2.24) is 0 Å². The van der Waals surface area contributed by atoms with E-state index >= 15 is 0 Å². The van der Waals surface area contributed by atoms with Gasteiger partial charge in [0, 0.05) is 6.42 Å². The topological polar surface area (TPSA) is 53.5 Å². The van der Waals surface area contributed by atoms with Gasteiger partial charge >= 0.3 is 6.21 Å². The van der Waals surface area contributed by atoms with Crippen molar-refractivity contribution >= 4 is 12.0 Å². The third-order valence-corrected chi connectivity index (χ3v) is 3.28. The first-order valence-electron chi connectivity index (χ1n) is 5.57. The zero-order valence-electron chi connectivity index (χ0n) is 9.94. The molecule has 0 amide bonds. The van der Waals surface area contributed by atoms with Crippen LogP contribution in [0.2, 0.25) is 0 Å². The minimum Gasteiger partial charge on any atom is -0.361 e. The van der Waals surface area contributed by atoms with Crippen LogP contribution in [0.4, 0.5) is 0 Å². The summed E-state index contributed by atoms with van der Waals surface area (Å²) in [5.74, 6) is 0.621. The van der Waals surface area contributed by atoms with E-state index in [4.69, 9.17) is 5.53 Å². The number of allylic oxidation sites excluding steroid dienone is 3. The standard InChI is InChI=1S/C13H18N2O/c1-9(2)11-5-4-10(3)12(6-11)7-13(16)8-15-14/h4,8,11-12H,1,5-7H2,2-3H3/t11-,12+/m0/s1. The summed E-state index contributed by atoms with van der Waals surface area (Å²) in [5.41, 5.74) is 10.7. The summed E-state index contributed by atoms with van der Waals surface area (Å²) in [5, 5.41) is 0. The molecular formula is C13H18N2O. The molecule has 0 N–H and O–H groups in total. The average molecular weight is 218 g/mol. The number of hydrogen-bond acceptors (Lipinski definition) is 1. The highest BCUT2D eigenvalue weighted by atomic mass is 16.1. The van der Waals surface area contributed by atoms with Gasteiger partial charge in [-0.3, -0.25) is 4.79 Å². The van der Waals surface area contributed by atoms with Crippen LogP contribution in [0, 0.1) is 11.8 Å². The molecule has 2 atom stereocenters. The molecule has 0 saturated carbocycles. The molecule has 16 heavy (non-hydrogen) atoms. The number of rotatable bonds is 4. The van der Waals surface area contributed by atoms with Crippen LogP contribution in [0.25, 0.3) is 5.53 Å². The fourth-order valence-electron chi connectivity index (χ4n) is 2.13. The Hall–Kier alpha value is -1.47. The van der Waals surface area contributed by atoms with E-state index in [1.165, 1.54) is 11.1 Å². The van der Waals surface area contributed by atoms with Crippen molar-refractivity contribution in [3.63, 3.8) is 0 Å². The summed E-state index contributed by atoms with van der Waals surface area (Å²) in [6.07, 6.45) is 5.60. The maximum Gasteiger partial charge on any atom is 0.323 e. The molecule has 0 heterocycles. The normalized spacial score (nSPS) is 24.2. The maximum atomic E-state index is 11.4. The Kier molecular flexibility index (Phi) is 4.39. The first-order valence-corrected chi connectivity index (χ1v) is 5.57. The summed E-state index contributed by atoms with van der Waals surface area (Å²) in [7, 11) is 0. The molecule has 1 rings (SSSR count). The van der Waals surface area contributed by atoms with Gasteiger partial charge in [0.2, 0.25) is 5.78 Å². The van der Waals surface area contributed by atoms with Crippen molar-refractivity contribution in [2.45, 2.75) is 33.1 Å². The number of carbonyl (C=O) groups excluding carboxylic acids is 1. The largest absolute Gasteiger partial charge is 0.361 e. The van der Waals surface area contributed by atoms with Crippen LogP contribution in [-0.2, 0) is 4.79 Å². The van der Waals surface area contributed by atoms with Crippen molar-refractivity contribution in [3.8, 4) is 0 Å². The molecule has 0 spiro atoms. The Morgan fingerprint density at radius 1 is 1.75 bits per heavy atom. The molecule has 0 bridgehead atoms. The van der Waals surface area contributed by atoms with Crippen molar-refractivity contribution in [1.29, 1.82) is 0 Å². The molecular weight excluding hydrogens is 200 g/mol. The van der Waals surface area contributed by atoms with Crippen LogP contribution >= 0.6 is 0 Å². The molecule has 0 aromatic heterocycles. The molecule has 0 radical (unpaired) electrons.